The number of hydrogen-bond donors (Lipinski definition) is 2. The van der Waals surface area contributed by atoms with Crippen LogP contribution in [0.25, 0.3) is 0 Å². The second-order valence-corrected chi connectivity index (χ2v) is 4.18. The summed E-state index contributed by atoms with van der Waals surface area (Å²) < 4.78 is 18.8. The van der Waals surface area contributed by atoms with Crippen molar-refractivity contribution in [2.75, 3.05) is 6.61 Å². The summed E-state index contributed by atoms with van der Waals surface area (Å²) in [5, 5.41) is 11.5. The smallest absolute Gasteiger partial charge is 0.253 e. The van der Waals surface area contributed by atoms with Crippen LogP contribution in [-0.2, 0) is 9.53 Å². The molecular formula is C11H15FN2O3. The molecule has 3 atom stereocenters. The SMILES string of the molecule is C=C1NC(=O)C(C)=CN1[C@H]1CC([18F])[C@@H](CO)O1. The Morgan fingerprint density at radius 1 is 1.76 bits per heavy atom. The molecule has 0 bridgehead atoms. The molecular weight excluding hydrogens is 226 g/mol. The van der Waals surface area contributed by atoms with Crippen LogP contribution in [0, 0.1) is 0 Å². The lowest BCUT2D eigenvalue weighted by molar-refractivity contribution is -0.118. The van der Waals surface area contributed by atoms with E-state index in [4.69, 9.17) is 9.84 Å². The van der Waals surface area contributed by atoms with E-state index >= 15 is 0 Å². The van der Waals surface area contributed by atoms with Crippen molar-refractivity contribution in [3.8, 4) is 0 Å². The molecule has 2 aliphatic rings. The lowest BCUT2D eigenvalue weighted by atomic mass is 10.2. The molecule has 0 spiro atoms. The van der Waals surface area contributed by atoms with Crippen molar-refractivity contribution in [2.24, 2.45) is 0 Å². The number of halogens is 1. The number of alkyl halides is 1. The monoisotopic (exact) mass is 241 g/mol. The van der Waals surface area contributed by atoms with Crippen LogP contribution in [0.2, 0.25) is 0 Å². The molecule has 2 aliphatic heterocycles. The minimum atomic E-state index is -1.20. The summed E-state index contributed by atoms with van der Waals surface area (Å²) in [6, 6.07) is 0. The Hall–Kier alpha value is -1.40. The molecule has 1 amide bonds. The van der Waals surface area contributed by atoms with Crippen molar-refractivity contribution in [1.29, 1.82) is 0 Å². The van der Waals surface area contributed by atoms with Gasteiger partial charge >= 0.3 is 0 Å². The normalized spacial score (nSPS) is 33.7. The van der Waals surface area contributed by atoms with Gasteiger partial charge in [-0.15, -0.1) is 0 Å². The number of aliphatic hydroxyl groups is 1. The van der Waals surface area contributed by atoms with Crippen LogP contribution in [-0.4, -0.2) is 41.0 Å². The number of carbonyl (C=O) groups excluding carboxylic acids is 1. The summed E-state index contributed by atoms with van der Waals surface area (Å²) >= 11 is 0. The molecule has 2 rings (SSSR count). The van der Waals surface area contributed by atoms with Gasteiger partial charge in [-0.3, -0.25) is 4.79 Å². The van der Waals surface area contributed by atoms with Crippen molar-refractivity contribution >= 4 is 5.91 Å². The van der Waals surface area contributed by atoms with Gasteiger partial charge in [-0.2, -0.15) is 0 Å². The second-order valence-electron chi connectivity index (χ2n) is 4.18. The van der Waals surface area contributed by atoms with Crippen LogP contribution in [0.15, 0.2) is 24.2 Å². The zero-order valence-corrected chi connectivity index (χ0v) is 9.52. The van der Waals surface area contributed by atoms with Crippen LogP contribution < -0.4 is 5.32 Å². The van der Waals surface area contributed by atoms with E-state index in [1.807, 2.05) is 0 Å². The molecule has 0 saturated carbocycles. The van der Waals surface area contributed by atoms with E-state index < -0.39 is 18.5 Å². The van der Waals surface area contributed by atoms with Crippen LogP contribution in [0.4, 0.5) is 4.39 Å². The molecule has 0 aromatic heterocycles. The molecule has 2 N–H and O–H groups in total. The molecule has 1 fully saturated rings. The predicted molar refractivity (Wildman–Crippen MR) is 58.1 cm³/mol. The average Bonchev–Trinajstić information content (AvgIpc) is 2.65. The largest absolute Gasteiger partial charge is 0.394 e. The Morgan fingerprint density at radius 2 is 2.47 bits per heavy atom. The Bertz CT molecular complexity index is 383. The summed E-state index contributed by atoms with van der Waals surface area (Å²) in [4.78, 5) is 12.9. The number of nitrogens with one attached hydrogen (secondary N) is 1. The maximum atomic E-state index is 13.4. The van der Waals surface area contributed by atoms with Crippen molar-refractivity contribution in [3.63, 3.8) is 0 Å². The van der Waals surface area contributed by atoms with Crippen LogP contribution in [0.5, 0.6) is 0 Å². The second kappa shape index (κ2) is 4.46. The Balaban J connectivity index is 2.13. The van der Waals surface area contributed by atoms with Gasteiger partial charge in [0.25, 0.3) is 5.91 Å². The van der Waals surface area contributed by atoms with Crippen LogP contribution in [0.1, 0.15) is 13.3 Å². The fourth-order valence-electron chi connectivity index (χ4n) is 1.92. The highest BCUT2D eigenvalue weighted by molar-refractivity contribution is 5.94. The fraction of sp³-hybridized carbons (Fsp3) is 0.545. The van der Waals surface area contributed by atoms with E-state index in [0.717, 1.165) is 0 Å². The molecule has 0 aromatic carbocycles. The highest BCUT2D eigenvalue weighted by Crippen LogP contribution is 2.28. The molecule has 0 aliphatic carbocycles. The summed E-state index contributed by atoms with van der Waals surface area (Å²) in [5.74, 6) is 0.135. The van der Waals surface area contributed by atoms with Gasteiger partial charge in [0.2, 0.25) is 0 Å². The Labute approximate surface area is 98.5 Å². The zero-order valence-electron chi connectivity index (χ0n) is 9.52. The third kappa shape index (κ3) is 2.18. The first kappa shape index (κ1) is 12.1. The highest BCUT2D eigenvalue weighted by atomic mass is 18.2. The number of amides is 1. The van der Waals surface area contributed by atoms with E-state index in [9.17, 15) is 9.18 Å². The first-order valence-electron chi connectivity index (χ1n) is 5.40. The lowest BCUT2D eigenvalue weighted by Gasteiger charge is -2.32. The number of aliphatic hydroxyl groups excluding tert-OH is 1. The van der Waals surface area contributed by atoms with Crippen molar-refractivity contribution < 1.29 is 19.0 Å². The number of ether oxygens (including phenoxy) is 1. The van der Waals surface area contributed by atoms with Gasteiger partial charge in [-0.25, -0.2) is 4.39 Å². The Kier molecular flexibility index (Phi) is 3.17. The van der Waals surface area contributed by atoms with Gasteiger partial charge in [0.05, 0.1) is 6.61 Å². The molecule has 94 valence electrons. The number of hydrogen-bond acceptors (Lipinski definition) is 4. The molecule has 2 heterocycles. The third-order valence-corrected chi connectivity index (χ3v) is 2.91. The minimum absolute atomic E-state index is 0.143. The van der Waals surface area contributed by atoms with Gasteiger partial charge in [0.1, 0.15) is 24.3 Å². The molecule has 17 heavy (non-hydrogen) atoms. The minimum Gasteiger partial charge on any atom is -0.394 e. The molecule has 5 nitrogen and oxygen atoms in total. The van der Waals surface area contributed by atoms with E-state index in [1.54, 1.807) is 18.0 Å². The van der Waals surface area contributed by atoms with Crippen LogP contribution in [0.3, 0.4) is 0 Å². The highest BCUT2D eigenvalue weighted by Gasteiger charge is 2.39. The maximum Gasteiger partial charge on any atom is 0.253 e. The van der Waals surface area contributed by atoms with Gasteiger partial charge in [0, 0.05) is 18.2 Å². The van der Waals surface area contributed by atoms with Crippen LogP contribution >= 0.6 is 0 Å². The molecule has 0 radical (unpaired) electrons. The first-order chi connectivity index (χ1) is 8.02. The molecule has 6 heteroatoms. The fourth-order valence-corrected chi connectivity index (χ4v) is 1.92. The molecule has 0 aromatic rings. The van der Waals surface area contributed by atoms with Gasteiger partial charge in [-0.05, 0) is 6.92 Å². The van der Waals surface area contributed by atoms with Gasteiger partial charge < -0.3 is 20.1 Å². The molecule has 1 saturated heterocycles. The van der Waals surface area contributed by atoms with Gasteiger partial charge in [0.15, 0.2) is 0 Å². The first-order valence-corrected chi connectivity index (χ1v) is 5.40. The summed E-state index contributed by atoms with van der Waals surface area (Å²) in [6.45, 7) is 4.98. The van der Waals surface area contributed by atoms with Gasteiger partial charge in [-0.1, -0.05) is 6.58 Å². The van der Waals surface area contributed by atoms with E-state index in [1.165, 1.54) is 0 Å². The Morgan fingerprint density at radius 3 is 3.06 bits per heavy atom. The average molecular weight is 241 g/mol. The van der Waals surface area contributed by atoms with E-state index in [0.29, 0.717) is 11.4 Å². The standard InChI is InChI=1S/C11H15FN2O3/c1-6-4-14(7(2)13-11(6)16)10-3-8(12)9(5-15)17-10/h4,8-10,15H,2-3,5H2,1H3,(H,13,16)/t8?,9-,10-/m1/s1/i12-1. The zero-order chi connectivity index (χ0) is 12.6. The van der Waals surface area contributed by atoms with Crippen molar-refractivity contribution in [3.05, 3.63) is 24.2 Å². The summed E-state index contributed by atoms with van der Waals surface area (Å²) in [7, 11) is 0. The summed E-state index contributed by atoms with van der Waals surface area (Å²) in [5.41, 5.74) is 0.504. The van der Waals surface area contributed by atoms with E-state index in [-0.39, 0.29) is 18.9 Å². The number of nitrogens with zero attached hydrogens (tertiary/aromatic N) is 1. The lowest BCUT2D eigenvalue weighted by Crippen LogP contribution is -2.42. The third-order valence-electron chi connectivity index (χ3n) is 2.91. The quantitative estimate of drug-likeness (QED) is 0.727. The summed E-state index contributed by atoms with van der Waals surface area (Å²) in [6.07, 6.45) is -0.823. The number of rotatable bonds is 2. The van der Waals surface area contributed by atoms with Crippen molar-refractivity contribution in [2.45, 2.75) is 31.8 Å². The van der Waals surface area contributed by atoms with Crippen molar-refractivity contribution in [1.82, 2.24) is 10.2 Å². The van der Waals surface area contributed by atoms with E-state index in [2.05, 4.69) is 11.9 Å². The number of carbonyl (C=O) groups is 1. The maximum absolute atomic E-state index is 13.4. The topological polar surface area (TPSA) is 61.8 Å². The predicted octanol–water partition coefficient (Wildman–Crippen LogP) is 0.239. The molecule has 1 unspecified atom stereocenters.